The van der Waals surface area contributed by atoms with Gasteiger partial charge in [-0.05, 0) is 59.8 Å². The minimum atomic E-state index is -0.583. The molecule has 7 heteroatoms. The van der Waals surface area contributed by atoms with Crippen LogP contribution in [-0.4, -0.2) is 17.0 Å². The van der Waals surface area contributed by atoms with Gasteiger partial charge in [-0.1, -0.05) is 30.3 Å². The summed E-state index contributed by atoms with van der Waals surface area (Å²) >= 11 is 1.25. The van der Waals surface area contributed by atoms with Crippen LogP contribution in [0.25, 0.3) is 6.08 Å². The van der Waals surface area contributed by atoms with Crippen LogP contribution in [0.1, 0.15) is 16.1 Å². The van der Waals surface area contributed by atoms with Gasteiger partial charge >= 0.3 is 5.97 Å². The standard InChI is InChI=1S/C21H14N2O4S/c24-19-18(28-21(23-19)22-15-7-2-1-3-8-15)13-14-6-4-9-16(12-14)27-20(25)17-10-5-11-26-17/h1-13H,(H,22,23,24). The second-order valence-electron chi connectivity index (χ2n) is 5.76. The average Bonchev–Trinajstić information content (AvgIpc) is 3.34. The molecule has 3 aromatic rings. The Kier molecular flexibility index (Phi) is 5.07. The predicted octanol–water partition coefficient (Wildman–Crippen LogP) is 4.39. The van der Waals surface area contributed by atoms with Crippen molar-refractivity contribution in [1.82, 2.24) is 5.32 Å². The topological polar surface area (TPSA) is 80.9 Å². The van der Waals surface area contributed by atoms with Crippen molar-refractivity contribution in [1.29, 1.82) is 0 Å². The van der Waals surface area contributed by atoms with E-state index in [0.717, 1.165) is 11.3 Å². The highest BCUT2D eigenvalue weighted by Crippen LogP contribution is 2.28. The van der Waals surface area contributed by atoms with Crippen LogP contribution in [0, 0.1) is 0 Å². The number of para-hydroxylation sites is 1. The number of aliphatic imine (C=N–C) groups is 1. The number of thioether (sulfide) groups is 1. The first kappa shape index (κ1) is 17.8. The zero-order valence-corrected chi connectivity index (χ0v) is 15.3. The molecular formula is C21H14N2O4S. The van der Waals surface area contributed by atoms with Crippen LogP contribution >= 0.6 is 11.8 Å². The summed E-state index contributed by atoms with van der Waals surface area (Å²) in [5.74, 6) is -0.327. The number of furan rings is 1. The lowest BCUT2D eigenvalue weighted by Crippen LogP contribution is -2.19. The zero-order chi connectivity index (χ0) is 19.3. The van der Waals surface area contributed by atoms with E-state index in [9.17, 15) is 9.59 Å². The Labute approximate surface area is 164 Å². The monoisotopic (exact) mass is 390 g/mol. The molecule has 1 fully saturated rings. The van der Waals surface area contributed by atoms with E-state index in [1.54, 1.807) is 30.3 Å². The Morgan fingerprint density at radius 3 is 2.71 bits per heavy atom. The lowest BCUT2D eigenvalue weighted by Gasteiger charge is -2.03. The van der Waals surface area contributed by atoms with Crippen molar-refractivity contribution in [2.75, 3.05) is 0 Å². The summed E-state index contributed by atoms with van der Waals surface area (Å²) in [6, 6.07) is 19.4. The summed E-state index contributed by atoms with van der Waals surface area (Å²) in [7, 11) is 0. The molecule has 0 radical (unpaired) electrons. The highest BCUT2D eigenvalue weighted by molar-refractivity contribution is 8.18. The number of rotatable bonds is 4. The van der Waals surface area contributed by atoms with E-state index in [0.29, 0.717) is 15.8 Å². The van der Waals surface area contributed by atoms with E-state index in [-0.39, 0.29) is 11.7 Å². The number of hydrogen-bond acceptors (Lipinski definition) is 6. The Morgan fingerprint density at radius 2 is 1.93 bits per heavy atom. The van der Waals surface area contributed by atoms with Crippen LogP contribution in [0.4, 0.5) is 5.69 Å². The summed E-state index contributed by atoms with van der Waals surface area (Å²) in [4.78, 5) is 29.1. The summed E-state index contributed by atoms with van der Waals surface area (Å²) in [6.07, 6.45) is 3.12. The summed E-state index contributed by atoms with van der Waals surface area (Å²) in [5.41, 5.74) is 1.49. The lowest BCUT2D eigenvalue weighted by atomic mass is 10.2. The van der Waals surface area contributed by atoms with Crippen molar-refractivity contribution in [3.63, 3.8) is 0 Å². The first-order chi connectivity index (χ1) is 13.7. The Hall–Kier alpha value is -3.58. The molecule has 28 heavy (non-hydrogen) atoms. The van der Waals surface area contributed by atoms with Crippen LogP contribution in [0.3, 0.4) is 0 Å². The largest absolute Gasteiger partial charge is 0.457 e. The van der Waals surface area contributed by atoms with Crippen molar-refractivity contribution < 1.29 is 18.7 Å². The van der Waals surface area contributed by atoms with Crippen molar-refractivity contribution in [3.8, 4) is 5.75 Å². The maximum Gasteiger partial charge on any atom is 0.379 e. The lowest BCUT2D eigenvalue weighted by molar-refractivity contribution is -0.115. The van der Waals surface area contributed by atoms with Crippen molar-refractivity contribution in [3.05, 3.63) is 89.2 Å². The van der Waals surface area contributed by atoms with Crippen LogP contribution in [-0.2, 0) is 4.79 Å². The van der Waals surface area contributed by atoms with Crippen LogP contribution in [0.2, 0.25) is 0 Å². The normalized spacial score (nSPS) is 16.4. The van der Waals surface area contributed by atoms with E-state index in [4.69, 9.17) is 9.15 Å². The van der Waals surface area contributed by atoms with Crippen molar-refractivity contribution in [2.24, 2.45) is 4.99 Å². The van der Waals surface area contributed by atoms with E-state index < -0.39 is 5.97 Å². The third-order valence-electron chi connectivity index (χ3n) is 3.73. The summed E-state index contributed by atoms with van der Waals surface area (Å²) < 4.78 is 10.3. The van der Waals surface area contributed by atoms with Crippen LogP contribution < -0.4 is 10.1 Å². The molecule has 0 spiro atoms. The molecule has 6 nitrogen and oxygen atoms in total. The van der Waals surface area contributed by atoms with E-state index in [2.05, 4.69) is 10.3 Å². The fourth-order valence-corrected chi connectivity index (χ4v) is 3.31. The van der Waals surface area contributed by atoms with Gasteiger partial charge in [0.1, 0.15) is 5.75 Å². The van der Waals surface area contributed by atoms with E-state index in [1.165, 1.54) is 24.1 Å². The van der Waals surface area contributed by atoms with Gasteiger partial charge in [0.2, 0.25) is 5.76 Å². The molecule has 0 saturated carbocycles. The van der Waals surface area contributed by atoms with E-state index >= 15 is 0 Å². The number of benzene rings is 2. The molecule has 0 aliphatic carbocycles. The summed E-state index contributed by atoms with van der Waals surface area (Å²) in [5, 5.41) is 3.26. The Balaban J connectivity index is 1.50. The molecule has 138 valence electrons. The van der Waals surface area contributed by atoms with Gasteiger partial charge in [0, 0.05) is 0 Å². The number of amides is 1. The van der Waals surface area contributed by atoms with Gasteiger partial charge in [-0.15, -0.1) is 0 Å². The SMILES string of the molecule is O=C1NC(=Nc2ccccc2)SC1=Cc1cccc(OC(=O)c2ccco2)c1. The molecule has 2 heterocycles. The second kappa shape index (κ2) is 7.98. The zero-order valence-electron chi connectivity index (χ0n) is 14.5. The maximum absolute atomic E-state index is 12.2. The molecule has 1 N–H and O–H groups in total. The van der Waals surface area contributed by atoms with Crippen molar-refractivity contribution >= 4 is 40.6 Å². The minimum Gasteiger partial charge on any atom is -0.457 e. The quantitative estimate of drug-likeness (QED) is 0.406. The number of carbonyl (C=O) groups excluding carboxylic acids is 2. The third-order valence-corrected chi connectivity index (χ3v) is 4.64. The number of amidine groups is 1. The molecular weight excluding hydrogens is 376 g/mol. The number of hydrogen-bond donors (Lipinski definition) is 1. The van der Waals surface area contributed by atoms with Gasteiger partial charge < -0.3 is 14.5 Å². The highest BCUT2D eigenvalue weighted by Gasteiger charge is 2.23. The number of nitrogens with one attached hydrogen (secondary N) is 1. The van der Waals surface area contributed by atoms with Gasteiger partial charge in [-0.25, -0.2) is 9.79 Å². The first-order valence-corrected chi connectivity index (χ1v) is 9.19. The smallest absolute Gasteiger partial charge is 0.379 e. The Morgan fingerprint density at radius 1 is 1.07 bits per heavy atom. The first-order valence-electron chi connectivity index (χ1n) is 8.38. The fraction of sp³-hybridized carbons (Fsp3) is 0. The molecule has 1 saturated heterocycles. The van der Waals surface area contributed by atoms with E-state index in [1.807, 2.05) is 36.4 Å². The molecule has 1 aromatic heterocycles. The number of esters is 1. The molecule has 0 bridgehead atoms. The molecule has 4 rings (SSSR count). The predicted molar refractivity (Wildman–Crippen MR) is 107 cm³/mol. The minimum absolute atomic E-state index is 0.122. The molecule has 1 aliphatic rings. The van der Waals surface area contributed by atoms with Gasteiger partial charge in [0.25, 0.3) is 5.91 Å². The van der Waals surface area contributed by atoms with Crippen LogP contribution in [0.15, 0.2) is 87.3 Å². The van der Waals surface area contributed by atoms with Crippen molar-refractivity contribution in [2.45, 2.75) is 0 Å². The van der Waals surface area contributed by atoms with Gasteiger partial charge in [-0.3, -0.25) is 4.79 Å². The number of nitrogens with zero attached hydrogens (tertiary/aromatic N) is 1. The molecule has 2 aromatic carbocycles. The fourth-order valence-electron chi connectivity index (χ4n) is 2.47. The second-order valence-corrected chi connectivity index (χ2v) is 6.79. The molecule has 0 unspecified atom stereocenters. The molecule has 1 amide bonds. The highest BCUT2D eigenvalue weighted by atomic mass is 32.2. The van der Waals surface area contributed by atoms with Gasteiger partial charge in [0.15, 0.2) is 5.17 Å². The summed E-state index contributed by atoms with van der Waals surface area (Å²) in [6.45, 7) is 0. The maximum atomic E-state index is 12.2. The molecule has 0 atom stereocenters. The average molecular weight is 390 g/mol. The third kappa shape index (κ3) is 4.21. The number of ether oxygens (including phenoxy) is 1. The molecule has 1 aliphatic heterocycles. The van der Waals surface area contributed by atoms with Gasteiger partial charge in [0.05, 0.1) is 16.9 Å². The Bertz CT molecular complexity index is 1070. The number of carbonyl (C=O) groups is 2. The van der Waals surface area contributed by atoms with Crippen LogP contribution in [0.5, 0.6) is 5.75 Å². The van der Waals surface area contributed by atoms with Gasteiger partial charge in [-0.2, -0.15) is 0 Å².